The monoisotopic (exact) mass is 286 g/mol. The van der Waals surface area contributed by atoms with E-state index in [1.807, 2.05) is 6.07 Å². The molecule has 1 atom stereocenters. The summed E-state index contributed by atoms with van der Waals surface area (Å²) in [7, 11) is 0. The number of benzene rings is 1. The fraction of sp³-hybridized carbons (Fsp3) is 0.556. The first kappa shape index (κ1) is 14.6. The van der Waals surface area contributed by atoms with Crippen molar-refractivity contribution in [2.75, 3.05) is 6.54 Å². The molecule has 0 bridgehead atoms. The molecular formula is C18H26N2O. The maximum atomic E-state index is 6.11. The zero-order valence-corrected chi connectivity index (χ0v) is 13.4. The van der Waals surface area contributed by atoms with Crippen LogP contribution in [0.1, 0.15) is 44.9 Å². The molecule has 1 N–H and O–H groups in total. The summed E-state index contributed by atoms with van der Waals surface area (Å²) in [6.07, 6.45) is 2.63. The van der Waals surface area contributed by atoms with E-state index in [4.69, 9.17) is 4.42 Å². The van der Waals surface area contributed by atoms with Gasteiger partial charge in [-0.3, -0.25) is 4.90 Å². The lowest BCUT2D eigenvalue weighted by Gasteiger charge is -2.21. The Morgan fingerprint density at radius 1 is 1.33 bits per heavy atom. The number of rotatable bonds is 5. The third-order valence-corrected chi connectivity index (χ3v) is 4.50. The van der Waals surface area contributed by atoms with Crippen LogP contribution in [0.3, 0.4) is 0 Å². The fourth-order valence-electron chi connectivity index (χ4n) is 3.19. The smallest absolute Gasteiger partial charge is 0.134 e. The Balaban J connectivity index is 1.91. The number of para-hydroxylation sites is 1. The largest absolute Gasteiger partial charge is 0.459 e. The van der Waals surface area contributed by atoms with Crippen LogP contribution >= 0.6 is 0 Å². The molecule has 1 aliphatic heterocycles. The van der Waals surface area contributed by atoms with E-state index in [0.29, 0.717) is 12.1 Å². The van der Waals surface area contributed by atoms with Crippen LogP contribution in [-0.4, -0.2) is 23.5 Å². The van der Waals surface area contributed by atoms with Crippen LogP contribution in [0, 0.1) is 0 Å². The minimum absolute atomic E-state index is 0.469. The van der Waals surface area contributed by atoms with Gasteiger partial charge < -0.3 is 9.73 Å². The summed E-state index contributed by atoms with van der Waals surface area (Å²) in [6, 6.07) is 9.57. The van der Waals surface area contributed by atoms with E-state index in [9.17, 15) is 0 Å². The van der Waals surface area contributed by atoms with Gasteiger partial charge in [-0.15, -0.1) is 0 Å². The molecular weight excluding hydrogens is 260 g/mol. The second-order valence-corrected chi connectivity index (χ2v) is 6.50. The van der Waals surface area contributed by atoms with Gasteiger partial charge in [0.25, 0.3) is 0 Å². The first-order valence-electron chi connectivity index (χ1n) is 8.12. The van der Waals surface area contributed by atoms with E-state index in [1.54, 1.807) is 0 Å². The van der Waals surface area contributed by atoms with Gasteiger partial charge in [-0.25, -0.2) is 0 Å². The molecule has 1 aromatic carbocycles. The summed E-state index contributed by atoms with van der Waals surface area (Å²) >= 11 is 0. The number of nitrogens with zero attached hydrogens (tertiary/aromatic N) is 1. The molecule has 0 spiro atoms. The van der Waals surface area contributed by atoms with E-state index in [1.165, 1.54) is 30.3 Å². The van der Waals surface area contributed by atoms with Gasteiger partial charge in [0.2, 0.25) is 0 Å². The predicted octanol–water partition coefficient (Wildman–Crippen LogP) is 3.92. The number of nitrogens with one attached hydrogen (secondary N) is 1. The predicted molar refractivity (Wildman–Crippen MR) is 87.3 cm³/mol. The van der Waals surface area contributed by atoms with E-state index in [0.717, 1.165) is 24.4 Å². The van der Waals surface area contributed by atoms with Gasteiger partial charge in [-0.05, 0) is 32.4 Å². The van der Waals surface area contributed by atoms with Crippen LogP contribution in [0.4, 0.5) is 0 Å². The summed E-state index contributed by atoms with van der Waals surface area (Å²) < 4.78 is 6.11. The lowest BCUT2D eigenvalue weighted by molar-refractivity contribution is 0.258. The Morgan fingerprint density at radius 2 is 2.14 bits per heavy atom. The molecule has 0 amide bonds. The molecule has 1 saturated heterocycles. The van der Waals surface area contributed by atoms with E-state index in [2.05, 4.69) is 49.2 Å². The molecule has 3 heteroatoms. The Hall–Kier alpha value is -1.32. The molecule has 1 aromatic heterocycles. The number of hydrogen-bond acceptors (Lipinski definition) is 3. The van der Waals surface area contributed by atoms with E-state index < -0.39 is 0 Å². The summed E-state index contributed by atoms with van der Waals surface area (Å²) in [6.45, 7) is 9.70. The molecule has 1 fully saturated rings. The minimum Gasteiger partial charge on any atom is -0.459 e. The topological polar surface area (TPSA) is 28.4 Å². The zero-order valence-electron chi connectivity index (χ0n) is 13.4. The van der Waals surface area contributed by atoms with Crippen LogP contribution in [0.15, 0.2) is 28.7 Å². The molecule has 3 rings (SSSR count). The maximum Gasteiger partial charge on any atom is 0.134 e. The first-order valence-corrected chi connectivity index (χ1v) is 8.12. The van der Waals surface area contributed by atoms with Crippen molar-refractivity contribution in [3.8, 4) is 0 Å². The van der Waals surface area contributed by atoms with Gasteiger partial charge in [-0.2, -0.15) is 0 Å². The minimum atomic E-state index is 0.469. The van der Waals surface area contributed by atoms with Gasteiger partial charge in [-0.1, -0.05) is 32.0 Å². The molecule has 3 nitrogen and oxygen atoms in total. The van der Waals surface area contributed by atoms with Crippen molar-refractivity contribution >= 4 is 11.0 Å². The van der Waals surface area contributed by atoms with Crippen LogP contribution in [-0.2, 0) is 13.1 Å². The quantitative estimate of drug-likeness (QED) is 0.903. The van der Waals surface area contributed by atoms with Gasteiger partial charge in [0.15, 0.2) is 0 Å². The first-order chi connectivity index (χ1) is 10.1. The van der Waals surface area contributed by atoms with E-state index >= 15 is 0 Å². The standard InChI is InChI=1S/C18H26N2O/c1-13(2)19-11-18-16(12-20-10-6-7-14(20)3)15-8-4-5-9-17(15)21-18/h4-5,8-9,13-14,19H,6-7,10-12H2,1-3H3. The molecule has 0 saturated carbocycles. The molecule has 21 heavy (non-hydrogen) atoms. The van der Waals surface area contributed by atoms with Crippen LogP contribution in [0.25, 0.3) is 11.0 Å². The molecule has 2 aromatic rings. The molecule has 0 radical (unpaired) electrons. The molecule has 1 aliphatic rings. The molecule has 2 heterocycles. The highest BCUT2D eigenvalue weighted by molar-refractivity contribution is 5.82. The average molecular weight is 286 g/mol. The Bertz CT molecular complexity index is 602. The van der Waals surface area contributed by atoms with Crippen molar-refractivity contribution in [1.29, 1.82) is 0 Å². The molecule has 0 aliphatic carbocycles. The van der Waals surface area contributed by atoms with Crippen LogP contribution < -0.4 is 5.32 Å². The van der Waals surface area contributed by atoms with Crippen molar-refractivity contribution in [2.45, 2.75) is 58.8 Å². The highest BCUT2D eigenvalue weighted by atomic mass is 16.3. The number of likely N-dealkylation sites (tertiary alicyclic amines) is 1. The lowest BCUT2D eigenvalue weighted by Crippen LogP contribution is -2.27. The number of furan rings is 1. The fourth-order valence-corrected chi connectivity index (χ4v) is 3.19. The van der Waals surface area contributed by atoms with Crippen molar-refractivity contribution in [2.24, 2.45) is 0 Å². The van der Waals surface area contributed by atoms with Crippen molar-refractivity contribution in [3.63, 3.8) is 0 Å². The van der Waals surface area contributed by atoms with Crippen LogP contribution in [0.2, 0.25) is 0 Å². The van der Waals surface area contributed by atoms with Gasteiger partial charge in [0.1, 0.15) is 11.3 Å². The normalized spacial score (nSPS) is 19.9. The third-order valence-electron chi connectivity index (χ3n) is 4.50. The van der Waals surface area contributed by atoms with E-state index in [-0.39, 0.29) is 0 Å². The highest BCUT2D eigenvalue weighted by Gasteiger charge is 2.23. The van der Waals surface area contributed by atoms with Crippen molar-refractivity contribution in [1.82, 2.24) is 10.2 Å². The van der Waals surface area contributed by atoms with Gasteiger partial charge in [0.05, 0.1) is 6.54 Å². The SMILES string of the molecule is CC(C)NCc1oc2ccccc2c1CN1CCCC1C. The third kappa shape index (κ3) is 3.14. The second-order valence-electron chi connectivity index (χ2n) is 6.50. The number of hydrogen-bond donors (Lipinski definition) is 1. The highest BCUT2D eigenvalue weighted by Crippen LogP contribution is 2.29. The summed E-state index contributed by atoms with van der Waals surface area (Å²) in [4.78, 5) is 2.58. The number of fused-ring (bicyclic) bond motifs is 1. The van der Waals surface area contributed by atoms with Crippen molar-refractivity contribution in [3.05, 3.63) is 35.6 Å². The Morgan fingerprint density at radius 3 is 2.86 bits per heavy atom. The lowest BCUT2D eigenvalue weighted by atomic mass is 10.1. The second kappa shape index (κ2) is 6.20. The average Bonchev–Trinajstić information content (AvgIpc) is 3.02. The Labute approximate surface area is 127 Å². The van der Waals surface area contributed by atoms with Crippen molar-refractivity contribution < 1.29 is 4.42 Å². The molecule has 114 valence electrons. The van der Waals surface area contributed by atoms with Crippen LogP contribution in [0.5, 0.6) is 0 Å². The van der Waals surface area contributed by atoms with Gasteiger partial charge in [0, 0.05) is 29.6 Å². The molecule has 1 unspecified atom stereocenters. The summed E-state index contributed by atoms with van der Waals surface area (Å²) in [5, 5.41) is 4.76. The zero-order chi connectivity index (χ0) is 14.8. The Kier molecular flexibility index (Phi) is 4.32. The summed E-state index contributed by atoms with van der Waals surface area (Å²) in [5.74, 6) is 1.10. The summed E-state index contributed by atoms with van der Waals surface area (Å²) in [5.41, 5.74) is 2.38. The van der Waals surface area contributed by atoms with Gasteiger partial charge >= 0.3 is 0 Å². The maximum absolute atomic E-state index is 6.11.